The highest BCUT2D eigenvalue weighted by Crippen LogP contribution is 2.46. The molecule has 14 heteroatoms. The second kappa shape index (κ2) is 39.2. The Morgan fingerprint density at radius 2 is 0.411 bits per heavy atom. The molecular formula is C81H98N8O6+4. The Kier molecular flexibility index (Phi) is 31.7. The standard InChI is InChI=1S/C33H16N8.4C8H10.3C2H4O2.5C2H6/c1-2-10-18-17(9-1)25-34-27-19-11-3-4-12-20(19)29-36-31-23-15-7-8-16-24(23)32-37-30-22-14-6-5-13-21(22)28-35-26(18)38(25)33(39(27)29,40(28)30)41(31)32;4*1-2-8-6-4-3-5-7-8;3*1-2(3)4;5*1-2/h1-16H;4*3-7H,2H2,1H3;3*1H3,(H,3,4);5*1-2H3/q+4;;;;;;;;;;;;. The molecule has 3 N–H and O–H groups in total. The van der Waals surface area contributed by atoms with Crippen LogP contribution < -0.4 is 0 Å². The van der Waals surface area contributed by atoms with E-state index in [2.05, 4.69) is 240 Å². The van der Waals surface area contributed by atoms with Gasteiger partial charge in [0.1, 0.15) is 0 Å². The van der Waals surface area contributed by atoms with Crippen LogP contribution >= 0.6 is 0 Å². The third kappa shape index (κ3) is 17.6. The van der Waals surface area contributed by atoms with E-state index in [9.17, 15) is 0 Å². The number of aliphatic imine (C=N–C) groups is 4. The highest BCUT2D eigenvalue weighted by Gasteiger charge is 2.77. The van der Waals surface area contributed by atoms with E-state index in [1.807, 2.05) is 93.5 Å². The molecule has 0 bridgehead atoms. The van der Waals surface area contributed by atoms with Crippen molar-refractivity contribution in [1.29, 1.82) is 0 Å². The van der Waals surface area contributed by atoms with Crippen LogP contribution in [0, 0.1) is 0 Å². The molecule has 8 aromatic rings. The fourth-order valence-corrected chi connectivity index (χ4v) is 10.7. The predicted molar refractivity (Wildman–Crippen MR) is 392 cm³/mol. The van der Waals surface area contributed by atoms with Gasteiger partial charge in [0.25, 0.3) is 64.6 Å². The molecule has 8 aliphatic rings. The first-order valence-electron chi connectivity index (χ1n) is 33.5. The van der Waals surface area contributed by atoms with E-state index in [-0.39, 0.29) is 0 Å². The van der Waals surface area contributed by atoms with Crippen LogP contribution in [0.4, 0.5) is 0 Å². The van der Waals surface area contributed by atoms with E-state index in [1.54, 1.807) is 0 Å². The maximum atomic E-state index is 9.00. The topological polar surface area (TPSA) is 173 Å². The number of carboxylic acids is 3. The summed E-state index contributed by atoms with van der Waals surface area (Å²) in [7, 11) is 0. The number of rotatable bonds is 4. The lowest BCUT2D eigenvalue weighted by molar-refractivity contribution is -1.06. The number of benzene rings is 8. The van der Waals surface area contributed by atoms with Crippen molar-refractivity contribution in [2.45, 2.75) is 149 Å². The van der Waals surface area contributed by atoms with Gasteiger partial charge < -0.3 is 15.3 Å². The summed E-state index contributed by atoms with van der Waals surface area (Å²) in [4.78, 5) is 48.7. The minimum absolute atomic E-state index is 0.833. The van der Waals surface area contributed by atoms with Gasteiger partial charge in [-0.05, 0) is 96.5 Å². The molecule has 0 fully saturated rings. The van der Waals surface area contributed by atoms with E-state index in [4.69, 9.17) is 49.7 Å². The summed E-state index contributed by atoms with van der Waals surface area (Å²) in [6.45, 7) is 31.9. The van der Waals surface area contributed by atoms with Crippen LogP contribution in [0.5, 0.6) is 0 Å². The SMILES string of the molecule is CC.CC.CC.CC.CC.CC(=O)O.CC(=O)O.CC(=O)O.CCc1ccccc1.CCc1ccccc1.CCc1ccccc1.CCc1ccccc1.c1ccc2c(c1)C1=NC3=[N+]4C(=NC5=[N+]6C(=NC7=[N+]8C(=NC2=[N+]1C846)c1ccccc17)c1ccccc15)c1ccccc13. The normalized spacial score (nSPS) is 13.3. The fraction of sp³-hybridized carbons (Fsp3) is 0.272. The Bertz CT molecular complexity index is 3570. The van der Waals surface area contributed by atoms with Gasteiger partial charge in [-0.25, -0.2) is 0 Å². The van der Waals surface area contributed by atoms with Gasteiger partial charge in [-0.15, -0.1) is 18.3 Å². The maximum absolute atomic E-state index is 9.00. The molecular weight excluding hydrogens is 1180 g/mol. The van der Waals surface area contributed by atoms with Crippen LogP contribution in [0.15, 0.2) is 238 Å². The molecule has 16 rings (SSSR count). The van der Waals surface area contributed by atoms with Crippen LogP contribution in [0.25, 0.3) is 0 Å². The van der Waals surface area contributed by atoms with E-state index < -0.39 is 23.8 Å². The van der Waals surface area contributed by atoms with E-state index in [0.717, 1.165) is 138 Å². The van der Waals surface area contributed by atoms with Crippen LogP contribution in [-0.2, 0) is 40.1 Å². The van der Waals surface area contributed by atoms with E-state index >= 15 is 0 Å². The highest BCUT2D eigenvalue weighted by molar-refractivity contribution is 6.30. The Labute approximate surface area is 564 Å². The number of amidine groups is 8. The molecule has 8 aromatic carbocycles. The molecule has 0 amide bonds. The monoisotopic (exact) mass is 1280 g/mol. The predicted octanol–water partition coefficient (Wildman–Crippen LogP) is 16.9. The molecule has 0 unspecified atom stereocenters. The molecule has 8 heterocycles. The molecule has 0 atom stereocenters. The summed E-state index contributed by atoms with van der Waals surface area (Å²) in [6.07, 6.45) is 4.56. The van der Waals surface area contributed by atoms with Crippen LogP contribution in [0.1, 0.15) is 184 Å². The average Bonchev–Trinajstić information content (AvgIpc) is 1.51. The summed E-state index contributed by atoms with van der Waals surface area (Å²) in [6, 6.07) is 75.8. The summed E-state index contributed by atoms with van der Waals surface area (Å²) < 4.78 is 9.32. The second-order valence-corrected chi connectivity index (χ2v) is 20.1. The minimum Gasteiger partial charge on any atom is -0.481 e. The maximum Gasteiger partial charge on any atom is 0.491 e. The Morgan fingerprint density at radius 3 is 0.547 bits per heavy atom. The molecule has 494 valence electrons. The minimum atomic E-state index is -0.923. The van der Waals surface area contributed by atoms with Gasteiger partial charge >= 0.3 is 5.91 Å². The largest absolute Gasteiger partial charge is 0.491 e. The number of hydrogen-bond acceptors (Lipinski definition) is 7. The van der Waals surface area contributed by atoms with Crippen LogP contribution in [0.2, 0.25) is 0 Å². The smallest absolute Gasteiger partial charge is 0.481 e. The molecule has 1 spiro atoms. The van der Waals surface area contributed by atoms with E-state index in [0.29, 0.717) is 0 Å². The molecule has 8 aliphatic heterocycles. The first kappa shape index (κ1) is 77.0. The molecule has 0 radical (unpaired) electrons. The molecule has 14 nitrogen and oxygen atoms in total. The van der Waals surface area contributed by atoms with Crippen molar-refractivity contribution >= 4 is 64.6 Å². The fourth-order valence-electron chi connectivity index (χ4n) is 10.7. The van der Waals surface area contributed by atoms with Crippen molar-refractivity contribution in [3.8, 4) is 0 Å². The van der Waals surface area contributed by atoms with Gasteiger partial charge in [-0.1, -0.05) is 287 Å². The Hall–Kier alpha value is -10.5. The van der Waals surface area contributed by atoms with Crippen molar-refractivity contribution in [2.75, 3.05) is 0 Å². The molecule has 0 aromatic heterocycles. The van der Waals surface area contributed by atoms with E-state index in [1.165, 1.54) is 22.3 Å². The van der Waals surface area contributed by atoms with Crippen LogP contribution in [0.3, 0.4) is 0 Å². The average molecular weight is 1280 g/mol. The summed E-state index contributed by atoms with van der Waals surface area (Å²) in [5.41, 5.74) is 14.3. The Balaban J connectivity index is 0.000000291. The van der Waals surface area contributed by atoms with Gasteiger partial charge in [-0.3, -0.25) is 14.4 Å². The lowest BCUT2D eigenvalue weighted by Gasteiger charge is -2.38. The van der Waals surface area contributed by atoms with Crippen LogP contribution in [-0.4, -0.2) is 104 Å². The third-order valence-corrected chi connectivity index (χ3v) is 14.4. The molecule has 0 aliphatic carbocycles. The third-order valence-electron chi connectivity index (χ3n) is 14.4. The first-order valence-corrected chi connectivity index (χ1v) is 33.5. The number of fused-ring (bicyclic) bond motifs is 12. The van der Waals surface area contributed by atoms with Crippen molar-refractivity contribution < 1.29 is 48.0 Å². The van der Waals surface area contributed by atoms with Gasteiger partial charge in [0.2, 0.25) is 0 Å². The van der Waals surface area contributed by atoms with Crippen molar-refractivity contribution in [3.63, 3.8) is 0 Å². The summed E-state index contributed by atoms with van der Waals surface area (Å²) >= 11 is 0. The Morgan fingerprint density at radius 1 is 0.274 bits per heavy atom. The number of carboxylic acid groups (broad SMARTS) is 3. The van der Waals surface area contributed by atoms with Crippen molar-refractivity contribution in [3.05, 3.63) is 285 Å². The summed E-state index contributed by atoms with van der Waals surface area (Å²) in [5.74, 6) is 3.76. The molecule has 0 saturated carbocycles. The molecule has 95 heavy (non-hydrogen) atoms. The first-order chi connectivity index (χ1) is 46.3. The van der Waals surface area contributed by atoms with Crippen molar-refractivity contribution in [1.82, 2.24) is 0 Å². The van der Waals surface area contributed by atoms with Gasteiger partial charge in [0.15, 0.2) is 0 Å². The summed E-state index contributed by atoms with van der Waals surface area (Å²) in [5, 5.41) is 22.2. The lowest BCUT2D eigenvalue weighted by atomic mass is 10.1. The zero-order chi connectivity index (χ0) is 70.2. The quantitative estimate of drug-likeness (QED) is 0.148. The highest BCUT2D eigenvalue weighted by atomic mass is 16.4. The number of nitrogens with zero attached hydrogens (tertiary/aromatic N) is 8. The zero-order valence-electron chi connectivity index (χ0n) is 58.8. The van der Waals surface area contributed by atoms with Gasteiger partial charge in [-0.2, -0.15) is 0 Å². The van der Waals surface area contributed by atoms with Gasteiger partial charge in [0, 0.05) is 20.8 Å². The number of hydrogen-bond donors (Lipinski definition) is 3. The molecule has 0 saturated heterocycles. The zero-order valence-corrected chi connectivity index (χ0v) is 58.8. The van der Waals surface area contributed by atoms with Gasteiger partial charge in [0.05, 0.1) is 44.5 Å². The van der Waals surface area contributed by atoms with Crippen molar-refractivity contribution in [2.24, 2.45) is 20.0 Å². The number of carbonyl (C=O) groups is 3. The second-order valence-electron chi connectivity index (χ2n) is 20.1. The number of aliphatic carboxylic acids is 3. The number of aryl methyl sites for hydroxylation is 4. The lowest BCUT2D eigenvalue weighted by Crippen LogP contribution is -2.76.